The number of ether oxygens (including phenoxy) is 3. The first-order valence-corrected chi connectivity index (χ1v) is 16.6. The van der Waals surface area contributed by atoms with Gasteiger partial charge in [-0.1, -0.05) is 61.5 Å². The Morgan fingerprint density at radius 1 is 0.978 bits per heavy atom. The first-order valence-electron chi connectivity index (χ1n) is 16.6. The van der Waals surface area contributed by atoms with Gasteiger partial charge in [-0.3, -0.25) is 4.68 Å². The summed E-state index contributed by atoms with van der Waals surface area (Å²) in [6, 6.07) is 20.8. The van der Waals surface area contributed by atoms with Gasteiger partial charge in [0, 0.05) is 41.2 Å². The summed E-state index contributed by atoms with van der Waals surface area (Å²) in [6.45, 7) is 10.9. The summed E-state index contributed by atoms with van der Waals surface area (Å²) >= 11 is 0. The lowest BCUT2D eigenvalue weighted by molar-refractivity contribution is 0.0512. The van der Waals surface area contributed by atoms with Crippen molar-refractivity contribution in [1.29, 1.82) is 0 Å². The lowest BCUT2D eigenvalue weighted by atomic mass is 9.97. The number of para-hydroxylation sites is 1. The van der Waals surface area contributed by atoms with Crippen LogP contribution in [-0.4, -0.2) is 53.2 Å². The number of hydrogen-bond acceptors (Lipinski definition) is 6. The van der Waals surface area contributed by atoms with Crippen LogP contribution >= 0.6 is 0 Å². The number of nitrogens with zero attached hydrogens (tertiary/aromatic N) is 3. The lowest BCUT2D eigenvalue weighted by Crippen LogP contribution is -2.17. The number of hydrogen-bond donors (Lipinski definition) is 1. The van der Waals surface area contributed by atoms with Crippen molar-refractivity contribution in [3.63, 3.8) is 0 Å². The smallest absolute Gasteiger partial charge is 0.355 e. The van der Waals surface area contributed by atoms with E-state index >= 15 is 0 Å². The van der Waals surface area contributed by atoms with Crippen LogP contribution < -0.4 is 10.1 Å². The zero-order valence-electron chi connectivity index (χ0n) is 28.2. The van der Waals surface area contributed by atoms with Gasteiger partial charge in [-0.15, -0.1) is 0 Å². The summed E-state index contributed by atoms with van der Waals surface area (Å²) in [6.07, 6.45) is 3.19. The summed E-state index contributed by atoms with van der Waals surface area (Å²) in [5.74, 6) is 0.588. The maximum absolute atomic E-state index is 13.8. The fourth-order valence-electron chi connectivity index (χ4n) is 6.44. The highest BCUT2D eigenvalue weighted by Crippen LogP contribution is 2.39. The second-order valence-electron chi connectivity index (χ2n) is 11.9. The highest BCUT2D eigenvalue weighted by atomic mass is 16.5. The molecule has 0 fully saturated rings. The van der Waals surface area contributed by atoms with E-state index in [4.69, 9.17) is 19.3 Å². The number of rotatable bonds is 16. The van der Waals surface area contributed by atoms with E-state index < -0.39 is 0 Å². The molecule has 0 amide bonds. The monoisotopic (exact) mass is 624 g/mol. The van der Waals surface area contributed by atoms with E-state index in [1.807, 2.05) is 63.8 Å². The minimum atomic E-state index is -0.288. The quantitative estimate of drug-likeness (QED) is 0.0906. The molecule has 0 saturated carbocycles. The van der Waals surface area contributed by atoms with Crippen LogP contribution in [0, 0.1) is 0 Å². The van der Waals surface area contributed by atoms with Crippen molar-refractivity contribution in [2.45, 2.75) is 72.6 Å². The van der Waals surface area contributed by atoms with Crippen LogP contribution in [0.1, 0.15) is 68.0 Å². The molecule has 8 heteroatoms. The van der Waals surface area contributed by atoms with E-state index in [-0.39, 0.29) is 12.1 Å². The molecule has 0 bridgehead atoms. The van der Waals surface area contributed by atoms with Gasteiger partial charge in [-0.05, 0) is 77.1 Å². The molecule has 244 valence electrons. The van der Waals surface area contributed by atoms with Crippen molar-refractivity contribution < 1.29 is 19.0 Å². The molecule has 0 spiro atoms. The van der Waals surface area contributed by atoms with Crippen molar-refractivity contribution >= 4 is 27.6 Å². The third kappa shape index (κ3) is 6.98. The molecule has 0 saturated heterocycles. The van der Waals surface area contributed by atoms with E-state index in [9.17, 15) is 4.79 Å². The van der Waals surface area contributed by atoms with Crippen molar-refractivity contribution in [2.24, 2.45) is 7.05 Å². The Hall–Kier alpha value is -4.14. The molecule has 5 aromatic rings. The molecular weight excluding hydrogens is 576 g/mol. The Bertz CT molecular complexity index is 1780. The Balaban J connectivity index is 1.60. The summed E-state index contributed by atoms with van der Waals surface area (Å²) in [5.41, 5.74) is 6.88. The van der Waals surface area contributed by atoms with Crippen LogP contribution in [-0.2, 0) is 42.5 Å². The van der Waals surface area contributed by atoms with Gasteiger partial charge in [-0.2, -0.15) is 5.10 Å². The number of aromatic nitrogens is 3. The molecule has 46 heavy (non-hydrogen) atoms. The molecule has 3 aromatic carbocycles. The molecule has 8 nitrogen and oxygen atoms in total. The van der Waals surface area contributed by atoms with Crippen LogP contribution in [0.25, 0.3) is 32.8 Å². The zero-order chi connectivity index (χ0) is 32.6. The number of aryl methyl sites for hydroxylation is 3. The van der Waals surface area contributed by atoms with Crippen molar-refractivity contribution in [3.05, 3.63) is 83.3 Å². The predicted molar refractivity (Wildman–Crippen MR) is 186 cm³/mol. The second-order valence-corrected chi connectivity index (χ2v) is 11.9. The van der Waals surface area contributed by atoms with Gasteiger partial charge in [0.1, 0.15) is 11.4 Å². The molecule has 0 unspecified atom stereocenters. The number of fused-ring (bicyclic) bond motifs is 2. The Kier molecular flexibility index (Phi) is 11.1. The average Bonchev–Trinajstić information content (AvgIpc) is 3.55. The van der Waals surface area contributed by atoms with Gasteiger partial charge >= 0.3 is 5.97 Å². The average molecular weight is 625 g/mol. The third-order valence-corrected chi connectivity index (χ3v) is 8.44. The Morgan fingerprint density at radius 3 is 2.50 bits per heavy atom. The van der Waals surface area contributed by atoms with Crippen molar-refractivity contribution in [1.82, 2.24) is 19.7 Å². The van der Waals surface area contributed by atoms with E-state index in [1.54, 1.807) is 0 Å². The number of benzene rings is 3. The van der Waals surface area contributed by atoms with Crippen molar-refractivity contribution in [3.8, 4) is 16.9 Å². The highest BCUT2D eigenvalue weighted by molar-refractivity contribution is 6.05. The standard InChI is InChI=1S/C38H48N4O4/c1-7-33-35(32(40-41(33)6)25-46-26(3)4)31-19-12-18-29-30(37(38(43)44-8-2)42(36(29)31)23-14-22-39-5)20-13-24-45-34-21-11-16-27-15-9-10-17-28(27)34/h9-12,15-19,21,26,39H,7-8,13-14,20,22-25H2,1-6H3. The van der Waals surface area contributed by atoms with Crippen LogP contribution in [0.2, 0.25) is 0 Å². The fraction of sp³-hybridized carbons (Fsp3) is 0.421. The van der Waals surface area contributed by atoms with E-state index in [0.717, 1.165) is 81.3 Å². The van der Waals surface area contributed by atoms with E-state index in [0.29, 0.717) is 38.5 Å². The molecule has 5 rings (SSSR count). The first-order chi connectivity index (χ1) is 22.4. The van der Waals surface area contributed by atoms with Crippen LogP contribution in [0.4, 0.5) is 0 Å². The molecule has 0 atom stereocenters. The molecule has 2 heterocycles. The second kappa shape index (κ2) is 15.4. The molecule has 0 aliphatic heterocycles. The van der Waals surface area contributed by atoms with Crippen LogP contribution in [0.3, 0.4) is 0 Å². The summed E-state index contributed by atoms with van der Waals surface area (Å²) in [7, 11) is 3.95. The minimum absolute atomic E-state index is 0.0826. The van der Waals surface area contributed by atoms with Gasteiger partial charge in [-0.25, -0.2) is 4.79 Å². The molecule has 2 aromatic heterocycles. The van der Waals surface area contributed by atoms with Crippen molar-refractivity contribution in [2.75, 3.05) is 26.8 Å². The van der Waals surface area contributed by atoms with Gasteiger partial charge in [0.05, 0.1) is 37.1 Å². The largest absolute Gasteiger partial charge is 0.493 e. The molecule has 0 radical (unpaired) electrons. The van der Waals surface area contributed by atoms with Crippen LogP contribution in [0.5, 0.6) is 5.75 Å². The highest BCUT2D eigenvalue weighted by Gasteiger charge is 2.28. The van der Waals surface area contributed by atoms with E-state index in [2.05, 4.69) is 53.2 Å². The summed E-state index contributed by atoms with van der Waals surface area (Å²) < 4.78 is 22.3. The number of esters is 1. The summed E-state index contributed by atoms with van der Waals surface area (Å²) in [5, 5.41) is 11.5. The predicted octanol–water partition coefficient (Wildman–Crippen LogP) is 7.48. The topological polar surface area (TPSA) is 79.5 Å². The summed E-state index contributed by atoms with van der Waals surface area (Å²) in [4.78, 5) is 13.8. The van der Waals surface area contributed by atoms with Gasteiger partial charge in [0.25, 0.3) is 0 Å². The van der Waals surface area contributed by atoms with E-state index in [1.165, 1.54) is 0 Å². The maximum atomic E-state index is 13.8. The number of carbonyl (C=O) groups is 1. The normalized spacial score (nSPS) is 11.6. The molecule has 0 aliphatic rings. The van der Waals surface area contributed by atoms with Crippen LogP contribution in [0.15, 0.2) is 60.7 Å². The number of nitrogens with one attached hydrogen (secondary N) is 1. The van der Waals surface area contributed by atoms with Gasteiger partial charge < -0.3 is 24.1 Å². The maximum Gasteiger partial charge on any atom is 0.355 e. The molecular formula is C38H48N4O4. The SMILES string of the molecule is CCOC(=O)c1c(CCCOc2cccc3ccccc23)c2cccc(-c3c(COC(C)C)nn(C)c3CC)c2n1CCCNC. The van der Waals surface area contributed by atoms with Gasteiger partial charge in [0.15, 0.2) is 0 Å². The Morgan fingerprint density at radius 2 is 1.74 bits per heavy atom. The molecule has 0 aliphatic carbocycles. The minimum Gasteiger partial charge on any atom is -0.493 e. The third-order valence-electron chi connectivity index (χ3n) is 8.44. The first kappa shape index (κ1) is 33.2. The lowest BCUT2D eigenvalue weighted by Gasteiger charge is -2.15. The Labute approximate surface area is 272 Å². The number of carbonyl (C=O) groups excluding carboxylic acids is 1. The molecule has 1 N–H and O–H groups in total. The fourth-order valence-corrected chi connectivity index (χ4v) is 6.44. The zero-order valence-corrected chi connectivity index (χ0v) is 28.2. The van der Waals surface area contributed by atoms with Gasteiger partial charge in [0.2, 0.25) is 0 Å².